The van der Waals surface area contributed by atoms with Crippen LogP contribution < -0.4 is 5.73 Å². The number of hydrogen-bond donors (Lipinski definition) is 1. The average molecular weight is 318 g/mol. The van der Waals surface area contributed by atoms with E-state index >= 15 is 0 Å². The van der Waals surface area contributed by atoms with E-state index in [9.17, 15) is 13.2 Å². The second-order valence-corrected chi connectivity index (χ2v) is 5.44. The SMILES string of the molecule is Nc1cc(C(F)(F)F)ccc1Sc1ccccc1CCl. The van der Waals surface area contributed by atoms with E-state index in [1.165, 1.54) is 17.8 Å². The van der Waals surface area contributed by atoms with E-state index in [1.807, 2.05) is 24.3 Å². The van der Waals surface area contributed by atoms with Gasteiger partial charge in [0, 0.05) is 21.4 Å². The van der Waals surface area contributed by atoms with Crippen molar-refractivity contribution in [2.45, 2.75) is 21.8 Å². The Morgan fingerprint density at radius 2 is 1.75 bits per heavy atom. The zero-order chi connectivity index (χ0) is 14.8. The molecule has 0 fully saturated rings. The predicted octanol–water partition coefficient (Wildman–Crippen LogP) is 5.18. The Bertz CT molecular complexity index is 614. The number of alkyl halides is 4. The summed E-state index contributed by atoms with van der Waals surface area (Å²) in [4.78, 5) is 1.46. The van der Waals surface area contributed by atoms with Gasteiger partial charge in [0.25, 0.3) is 0 Å². The molecule has 6 heteroatoms. The van der Waals surface area contributed by atoms with E-state index in [0.717, 1.165) is 22.6 Å². The fourth-order valence-corrected chi connectivity index (χ4v) is 2.93. The zero-order valence-corrected chi connectivity index (χ0v) is 11.8. The van der Waals surface area contributed by atoms with Gasteiger partial charge in [0.2, 0.25) is 0 Å². The number of rotatable bonds is 3. The molecule has 0 saturated heterocycles. The standard InChI is InChI=1S/C14H11ClF3NS/c15-8-9-3-1-2-4-12(9)20-13-6-5-10(7-11(13)19)14(16,17)18/h1-7H,8,19H2. The van der Waals surface area contributed by atoms with Crippen molar-refractivity contribution >= 4 is 29.1 Å². The highest BCUT2D eigenvalue weighted by molar-refractivity contribution is 7.99. The normalized spacial score (nSPS) is 11.6. The zero-order valence-electron chi connectivity index (χ0n) is 10.2. The van der Waals surface area contributed by atoms with Crippen molar-refractivity contribution in [2.75, 3.05) is 5.73 Å². The predicted molar refractivity (Wildman–Crippen MR) is 76.0 cm³/mol. The van der Waals surface area contributed by atoms with Gasteiger partial charge in [0.1, 0.15) is 0 Å². The maximum Gasteiger partial charge on any atom is 0.416 e. The fraction of sp³-hybridized carbons (Fsp3) is 0.143. The molecule has 0 aliphatic heterocycles. The number of anilines is 1. The Balaban J connectivity index is 2.31. The van der Waals surface area contributed by atoms with E-state index in [4.69, 9.17) is 17.3 Å². The van der Waals surface area contributed by atoms with Gasteiger partial charge in [-0.05, 0) is 29.8 Å². The van der Waals surface area contributed by atoms with Gasteiger partial charge in [-0.25, -0.2) is 0 Å². The number of halogens is 4. The molecule has 1 nitrogen and oxygen atoms in total. The molecule has 0 saturated carbocycles. The van der Waals surface area contributed by atoms with Crippen LogP contribution in [0.25, 0.3) is 0 Å². The minimum absolute atomic E-state index is 0.106. The molecule has 2 rings (SSSR count). The molecule has 0 spiro atoms. The van der Waals surface area contributed by atoms with Crippen LogP contribution in [0.2, 0.25) is 0 Å². The molecule has 0 unspecified atom stereocenters. The molecule has 0 aromatic heterocycles. The summed E-state index contributed by atoms with van der Waals surface area (Å²) in [5.74, 6) is 0.337. The maximum atomic E-state index is 12.6. The molecule has 0 atom stereocenters. The highest BCUT2D eigenvalue weighted by Crippen LogP contribution is 2.38. The first kappa shape index (κ1) is 15.1. The molecule has 0 aliphatic carbocycles. The lowest BCUT2D eigenvalue weighted by molar-refractivity contribution is -0.137. The average Bonchev–Trinajstić information content (AvgIpc) is 2.40. The summed E-state index contributed by atoms with van der Waals surface area (Å²) in [6, 6.07) is 10.8. The second-order valence-electron chi connectivity index (χ2n) is 4.09. The largest absolute Gasteiger partial charge is 0.416 e. The lowest BCUT2D eigenvalue weighted by Gasteiger charge is -2.12. The van der Waals surface area contributed by atoms with Gasteiger partial charge in [-0.3, -0.25) is 0 Å². The van der Waals surface area contributed by atoms with Gasteiger partial charge in [0.15, 0.2) is 0 Å². The van der Waals surface area contributed by atoms with Gasteiger partial charge in [-0.1, -0.05) is 30.0 Å². The third-order valence-electron chi connectivity index (χ3n) is 2.67. The molecule has 2 aromatic rings. The van der Waals surface area contributed by atoms with Crippen molar-refractivity contribution in [1.29, 1.82) is 0 Å². The lowest BCUT2D eigenvalue weighted by Crippen LogP contribution is -2.05. The number of nitrogen functional groups attached to an aromatic ring is 1. The molecule has 106 valence electrons. The first-order valence-corrected chi connectivity index (χ1v) is 7.05. The first-order valence-electron chi connectivity index (χ1n) is 5.70. The van der Waals surface area contributed by atoms with Crippen LogP contribution in [-0.2, 0) is 12.1 Å². The van der Waals surface area contributed by atoms with Crippen molar-refractivity contribution in [3.8, 4) is 0 Å². The highest BCUT2D eigenvalue weighted by atomic mass is 35.5. The van der Waals surface area contributed by atoms with Crippen LogP contribution in [0.5, 0.6) is 0 Å². The Labute approximate surface area is 123 Å². The third kappa shape index (κ3) is 3.41. The Kier molecular flexibility index (Phi) is 4.50. The molecule has 0 radical (unpaired) electrons. The monoisotopic (exact) mass is 317 g/mol. The van der Waals surface area contributed by atoms with Crippen molar-refractivity contribution in [3.05, 3.63) is 53.6 Å². The van der Waals surface area contributed by atoms with Gasteiger partial charge in [-0.15, -0.1) is 11.6 Å². The molecular weight excluding hydrogens is 307 g/mol. The summed E-state index contributed by atoms with van der Waals surface area (Å²) < 4.78 is 37.7. The summed E-state index contributed by atoms with van der Waals surface area (Å²) in [6.07, 6.45) is -4.38. The molecule has 0 amide bonds. The quantitative estimate of drug-likeness (QED) is 0.623. The van der Waals surface area contributed by atoms with E-state index in [-0.39, 0.29) is 5.69 Å². The van der Waals surface area contributed by atoms with Crippen LogP contribution in [0.15, 0.2) is 52.3 Å². The fourth-order valence-electron chi connectivity index (χ4n) is 1.65. The second kappa shape index (κ2) is 5.97. The van der Waals surface area contributed by atoms with Crippen LogP contribution in [0.1, 0.15) is 11.1 Å². The van der Waals surface area contributed by atoms with E-state index < -0.39 is 11.7 Å². The first-order chi connectivity index (χ1) is 9.41. The molecule has 2 N–H and O–H groups in total. The van der Waals surface area contributed by atoms with Crippen LogP contribution in [-0.4, -0.2) is 0 Å². The number of hydrogen-bond acceptors (Lipinski definition) is 2. The Morgan fingerprint density at radius 3 is 2.35 bits per heavy atom. The van der Waals surface area contributed by atoms with Crippen molar-refractivity contribution in [2.24, 2.45) is 0 Å². The third-order valence-corrected chi connectivity index (χ3v) is 4.17. The topological polar surface area (TPSA) is 26.0 Å². The van der Waals surface area contributed by atoms with Crippen molar-refractivity contribution in [3.63, 3.8) is 0 Å². The molecule has 20 heavy (non-hydrogen) atoms. The summed E-state index contributed by atoms with van der Waals surface area (Å²) in [7, 11) is 0. The minimum atomic E-state index is -4.38. The summed E-state index contributed by atoms with van der Waals surface area (Å²) in [5, 5.41) is 0. The van der Waals surface area contributed by atoms with Crippen molar-refractivity contribution in [1.82, 2.24) is 0 Å². The van der Waals surface area contributed by atoms with Crippen molar-refractivity contribution < 1.29 is 13.2 Å². The van der Waals surface area contributed by atoms with E-state index in [1.54, 1.807) is 0 Å². The van der Waals surface area contributed by atoms with Crippen LogP contribution in [0.3, 0.4) is 0 Å². The summed E-state index contributed by atoms with van der Waals surface area (Å²) in [5.41, 5.74) is 5.98. The molecule has 2 aromatic carbocycles. The molecular formula is C14H11ClF3NS. The minimum Gasteiger partial charge on any atom is -0.398 e. The van der Waals surface area contributed by atoms with Gasteiger partial charge < -0.3 is 5.73 Å². The van der Waals surface area contributed by atoms with Crippen LogP contribution in [0, 0.1) is 0 Å². The highest BCUT2D eigenvalue weighted by Gasteiger charge is 2.30. The number of nitrogens with two attached hydrogens (primary N) is 1. The lowest BCUT2D eigenvalue weighted by atomic mass is 10.2. The van der Waals surface area contributed by atoms with Gasteiger partial charge >= 0.3 is 6.18 Å². The van der Waals surface area contributed by atoms with Gasteiger partial charge in [0.05, 0.1) is 5.56 Å². The van der Waals surface area contributed by atoms with E-state index in [2.05, 4.69) is 0 Å². The molecule has 0 aliphatic rings. The Morgan fingerprint density at radius 1 is 1.05 bits per heavy atom. The summed E-state index contributed by atoms with van der Waals surface area (Å²) >= 11 is 7.14. The van der Waals surface area contributed by atoms with Crippen LogP contribution >= 0.6 is 23.4 Å². The van der Waals surface area contributed by atoms with Crippen LogP contribution in [0.4, 0.5) is 18.9 Å². The number of benzene rings is 2. The summed E-state index contributed by atoms with van der Waals surface area (Å²) in [6.45, 7) is 0. The molecule has 0 bridgehead atoms. The smallest absolute Gasteiger partial charge is 0.398 e. The van der Waals surface area contributed by atoms with Gasteiger partial charge in [-0.2, -0.15) is 13.2 Å². The van der Waals surface area contributed by atoms with E-state index in [0.29, 0.717) is 10.8 Å². The maximum absolute atomic E-state index is 12.6. The Hall–Kier alpha value is -1.33. The molecule has 0 heterocycles.